The number of thioether (sulfide) groups is 1. The van der Waals surface area contributed by atoms with Gasteiger partial charge in [0.2, 0.25) is 11.8 Å². The zero-order valence-corrected chi connectivity index (χ0v) is 18.1. The van der Waals surface area contributed by atoms with Crippen molar-refractivity contribution >= 4 is 33.6 Å². The van der Waals surface area contributed by atoms with Gasteiger partial charge in [0.1, 0.15) is 5.76 Å². The van der Waals surface area contributed by atoms with Crippen LogP contribution in [0.1, 0.15) is 31.4 Å². The van der Waals surface area contributed by atoms with Gasteiger partial charge in [-0.25, -0.2) is 0 Å². The molecule has 0 saturated heterocycles. The van der Waals surface area contributed by atoms with E-state index >= 15 is 0 Å². The quantitative estimate of drug-likeness (QED) is 0.411. The van der Waals surface area contributed by atoms with Crippen molar-refractivity contribution in [2.75, 3.05) is 5.75 Å². The first kappa shape index (κ1) is 20.0. The molecule has 0 fully saturated rings. The van der Waals surface area contributed by atoms with Crippen molar-refractivity contribution in [3.05, 3.63) is 64.7 Å². The Hall–Kier alpha value is -2.32. The summed E-state index contributed by atoms with van der Waals surface area (Å²) in [4.78, 5) is 14.8. The highest BCUT2D eigenvalue weighted by atomic mass is 79.9. The molecular weight excluding hydrogens is 454 g/mol. The van der Waals surface area contributed by atoms with Crippen LogP contribution in [0.15, 0.2) is 73.0 Å². The van der Waals surface area contributed by atoms with Gasteiger partial charge >= 0.3 is 0 Å². The van der Waals surface area contributed by atoms with Crippen LogP contribution < -0.4 is 0 Å². The highest BCUT2D eigenvalue weighted by Gasteiger charge is 2.22. The molecule has 0 N–H and O–H groups in total. The fourth-order valence-electron chi connectivity index (χ4n) is 3.19. The third kappa shape index (κ3) is 5.00. The summed E-state index contributed by atoms with van der Waals surface area (Å²) in [6, 6.07) is 11.4. The number of carbonyl (C=O) groups is 1. The summed E-state index contributed by atoms with van der Waals surface area (Å²) in [6.07, 6.45) is 7.96. The number of allylic oxidation sites excluding steroid dienone is 2. The number of amides is 1. The normalized spacial score (nSPS) is 13.9. The van der Waals surface area contributed by atoms with Crippen LogP contribution in [-0.4, -0.2) is 26.8 Å². The Labute approximate surface area is 181 Å². The Kier molecular flexibility index (Phi) is 6.51. The average molecular weight is 474 g/mol. The van der Waals surface area contributed by atoms with Crippen molar-refractivity contribution in [3.8, 4) is 11.5 Å². The lowest BCUT2D eigenvalue weighted by Gasteiger charge is -2.26. The molecule has 4 rings (SSSR count). The number of hydrogen-bond donors (Lipinski definition) is 0. The number of aromatic nitrogens is 2. The third-order valence-electron chi connectivity index (χ3n) is 4.64. The number of rotatable bonds is 7. The van der Waals surface area contributed by atoms with Crippen molar-refractivity contribution in [2.45, 2.75) is 37.5 Å². The standard InChI is InChI=1S/C21H20BrN3O3S/c22-18-11-5-4-10-17(18)20-23-24-21(28-20)29-14-19(26)25(13-16-9-6-12-27-16)15-7-2-1-3-8-15/h4-7,9-12H,1-3,8,13-14H2. The number of benzene rings is 1. The zero-order valence-electron chi connectivity index (χ0n) is 15.7. The molecule has 0 unspecified atom stereocenters. The Morgan fingerprint density at radius 3 is 2.83 bits per heavy atom. The molecule has 2 heterocycles. The average Bonchev–Trinajstić information content (AvgIpc) is 3.43. The lowest BCUT2D eigenvalue weighted by Crippen LogP contribution is -2.32. The minimum atomic E-state index is 0.000177. The van der Waals surface area contributed by atoms with Crippen molar-refractivity contribution in [2.24, 2.45) is 0 Å². The topological polar surface area (TPSA) is 72.4 Å². The third-order valence-corrected chi connectivity index (χ3v) is 6.13. The predicted octanol–water partition coefficient (Wildman–Crippen LogP) is 5.67. The molecule has 1 amide bonds. The molecule has 8 heteroatoms. The second kappa shape index (κ2) is 9.45. The van der Waals surface area contributed by atoms with E-state index in [-0.39, 0.29) is 11.7 Å². The SMILES string of the molecule is O=C(CSc1nnc(-c2ccccc2Br)o1)N(Cc1ccco1)C1=CCCCC1. The molecule has 0 radical (unpaired) electrons. The molecule has 0 bridgehead atoms. The van der Waals surface area contributed by atoms with Crippen LogP contribution in [0, 0.1) is 0 Å². The molecule has 1 aliphatic carbocycles. The summed E-state index contributed by atoms with van der Waals surface area (Å²) in [7, 11) is 0. The maximum Gasteiger partial charge on any atom is 0.277 e. The Morgan fingerprint density at radius 2 is 2.07 bits per heavy atom. The molecule has 6 nitrogen and oxygen atoms in total. The summed E-state index contributed by atoms with van der Waals surface area (Å²) in [5.74, 6) is 1.41. The number of furan rings is 1. The summed E-state index contributed by atoms with van der Waals surface area (Å²) in [5, 5.41) is 8.55. The second-order valence-electron chi connectivity index (χ2n) is 6.64. The van der Waals surface area contributed by atoms with Gasteiger partial charge in [-0.1, -0.05) is 30.0 Å². The minimum absolute atomic E-state index is 0.000177. The van der Waals surface area contributed by atoms with Gasteiger partial charge in [-0.2, -0.15) is 0 Å². The first-order valence-corrected chi connectivity index (χ1v) is 11.2. The molecule has 3 aromatic rings. The maximum absolute atomic E-state index is 13.0. The largest absolute Gasteiger partial charge is 0.467 e. The lowest BCUT2D eigenvalue weighted by molar-refractivity contribution is -0.127. The van der Waals surface area contributed by atoms with E-state index < -0.39 is 0 Å². The van der Waals surface area contributed by atoms with Gasteiger partial charge in [-0.3, -0.25) is 4.79 Å². The van der Waals surface area contributed by atoms with Crippen LogP contribution in [0.5, 0.6) is 0 Å². The van der Waals surface area contributed by atoms with Gasteiger partial charge in [-0.15, -0.1) is 10.2 Å². The molecule has 1 aromatic carbocycles. The van der Waals surface area contributed by atoms with Crippen molar-refractivity contribution in [1.29, 1.82) is 0 Å². The number of hydrogen-bond acceptors (Lipinski definition) is 6. The fourth-order valence-corrected chi connectivity index (χ4v) is 4.28. The van der Waals surface area contributed by atoms with E-state index in [0.717, 1.165) is 40.8 Å². The lowest BCUT2D eigenvalue weighted by atomic mass is 10.0. The first-order valence-electron chi connectivity index (χ1n) is 9.43. The van der Waals surface area contributed by atoms with E-state index in [4.69, 9.17) is 8.83 Å². The molecule has 0 aliphatic heterocycles. The predicted molar refractivity (Wildman–Crippen MR) is 114 cm³/mol. The van der Waals surface area contributed by atoms with Crippen molar-refractivity contribution in [3.63, 3.8) is 0 Å². The smallest absolute Gasteiger partial charge is 0.277 e. The number of nitrogens with zero attached hydrogens (tertiary/aromatic N) is 3. The summed E-state index contributed by atoms with van der Waals surface area (Å²) in [6.45, 7) is 0.435. The highest BCUT2D eigenvalue weighted by Crippen LogP contribution is 2.30. The van der Waals surface area contributed by atoms with E-state index in [2.05, 4.69) is 32.2 Å². The van der Waals surface area contributed by atoms with E-state index in [1.54, 1.807) is 6.26 Å². The zero-order chi connectivity index (χ0) is 20.1. The number of halogens is 1. The fraction of sp³-hybridized carbons (Fsp3) is 0.286. The second-order valence-corrected chi connectivity index (χ2v) is 8.42. The van der Waals surface area contributed by atoms with Gasteiger partial charge in [0.15, 0.2) is 0 Å². The monoisotopic (exact) mass is 473 g/mol. The summed E-state index contributed by atoms with van der Waals surface area (Å²) in [5.41, 5.74) is 1.89. The highest BCUT2D eigenvalue weighted by molar-refractivity contribution is 9.10. The molecular formula is C21H20BrN3O3S. The molecule has 2 aromatic heterocycles. The minimum Gasteiger partial charge on any atom is -0.467 e. The first-order chi connectivity index (χ1) is 14.2. The van der Waals surface area contributed by atoms with Crippen LogP contribution >= 0.6 is 27.7 Å². The van der Waals surface area contributed by atoms with Crippen LogP contribution in [0.3, 0.4) is 0 Å². The summed E-state index contributed by atoms with van der Waals surface area (Å²) < 4.78 is 12.1. The molecule has 29 heavy (non-hydrogen) atoms. The van der Waals surface area contributed by atoms with Gasteiger partial charge in [0.25, 0.3) is 5.22 Å². The van der Waals surface area contributed by atoms with Gasteiger partial charge in [0, 0.05) is 10.2 Å². The van der Waals surface area contributed by atoms with Crippen LogP contribution in [0.25, 0.3) is 11.5 Å². The summed E-state index contributed by atoms with van der Waals surface area (Å²) >= 11 is 4.74. The molecule has 0 spiro atoms. The molecule has 150 valence electrons. The van der Waals surface area contributed by atoms with Gasteiger partial charge < -0.3 is 13.7 Å². The maximum atomic E-state index is 13.0. The Bertz CT molecular complexity index is 1000. The van der Waals surface area contributed by atoms with Crippen molar-refractivity contribution in [1.82, 2.24) is 15.1 Å². The van der Waals surface area contributed by atoms with E-state index in [9.17, 15) is 4.79 Å². The van der Waals surface area contributed by atoms with Gasteiger partial charge in [-0.05, 0) is 65.9 Å². The van der Waals surface area contributed by atoms with Crippen molar-refractivity contribution < 1.29 is 13.6 Å². The Morgan fingerprint density at radius 1 is 1.17 bits per heavy atom. The van der Waals surface area contributed by atoms with E-state index in [0.29, 0.717) is 17.7 Å². The van der Waals surface area contributed by atoms with Crippen LogP contribution in [-0.2, 0) is 11.3 Å². The van der Waals surface area contributed by atoms with E-state index in [1.807, 2.05) is 41.3 Å². The van der Waals surface area contributed by atoms with E-state index in [1.165, 1.54) is 18.2 Å². The Balaban J connectivity index is 1.44. The molecule has 1 aliphatic rings. The van der Waals surface area contributed by atoms with Gasteiger partial charge in [0.05, 0.1) is 24.1 Å². The number of carbonyl (C=O) groups excluding carboxylic acids is 1. The molecule has 0 atom stereocenters. The van der Waals surface area contributed by atoms with Crippen LogP contribution in [0.4, 0.5) is 0 Å². The molecule has 0 saturated carbocycles. The van der Waals surface area contributed by atoms with Crippen LogP contribution in [0.2, 0.25) is 0 Å².